The van der Waals surface area contributed by atoms with Gasteiger partial charge in [-0.2, -0.15) is 4.31 Å². The Hall–Kier alpha value is -2.90. The lowest BCUT2D eigenvalue weighted by Gasteiger charge is -2.17. The normalized spacial score (nSPS) is 15.8. The molecule has 3 aromatic carbocycles. The number of ether oxygens (including phenoxy) is 1. The largest absolute Gasteiger partial charge is 0.481 e. The van der Waals surface area contributed by atoms with E-state index in [0.717, 1.165) is 23.6 Å². The Morgan fingerprint density at radius 1 is 0.967 bits per heavy atom. The first-order valence-corrected chi connectivity index (χ1v) is 11.4. The van der Waals surface area contributed by atoms with Gasteiger partial charge in [-0.15, -0.1) is 0 Å². The summed E-state index contributed by atoms with van der Waals surface area (Å²) in [7, 11) is -3.46. The van der Waals surface area contributed by atoms with Crippen LogP contribution >= 0.6 is 0 Å². The third-order valence-electron chi connectivity index (χ3n) is 5.23. The van der Waals surface area contributed by atoms with Crippen molar-refractivity contribution in [2.24, 2.45) is 0 Å². The first-order valence-electron chi connectivity index (χ1n) is 10.00. The molecule has 0 aliphatic carbocycles. The fraction of sp³-hybridized carbons (Fsp3) is 0.261. The summed E-state index contributed by atoms with van der Waals surface area (Å²) in [5.74, 6) is 0.307. The molecule has 30 heavy (non-hydrogen) atoms. The van der Waals surface area contributed by atoms with E-state index >= 15 is 0 Å². The molecule has 1 atom stereocenters. The van der Waals surface area contributed by atoms with Crippen LogP contribution in [-0.4, -0.2) is 37.8 Å². The van der Waals surface area contributed by atoms with Crippen molar-refractivity contribution in [3.05, 3.63) is 66.7 Å². The van der Waals surface area contributed by atoms with E-state index in [1.54, 1.807) is 19.1 Å². The van der Waals surface area contributed by atoms with Gasteiger partial charge in [0.2, 0.25) is 10.0 Å². The summed E-state index contributed by atoms with van der Waals surface area (Å²) in [4.78, 5) is 12.7. The molecule has 0 saturated carbocycles. The van der Waals surface area contributed by atoms with E-state index in [1.807, 2.05) is 42.5 Å². The van der Waals surface area contributed by atoms with Gasteiger partial charge in [-0.05, 0) is 66.9 Å². The SMILES string of the molecule is CC(Oc1ccc2ccccc2c1)C(=O)Nc1ccc(S(=O)(=O)N2CCCC2)cc1. The highest BCUT2D eigenvalue weighted by Gasteiger charge is 2.27. The number of hydrogen-bond acceptors (Lipinski definition) is 4. The van der Waals surface area contributed by atoms with E-state index in [9.17, 15) is 13.2 Å². The zero-order valence-corrected chi connectivity index (χ0v) is 17.6. The maximum Gasteiger partial charge on any atom is 0.265 e. The molecule has 1 unspecified atom stereocenters. The summed E-state index contributed by atoms with van der Waals surface area (Å²) in [6, 6.07) is 19.9. The summed E-state index contributed by atoms with van der Waals surface area (Å²) in [6.07, 6.45) is 1.07. The summed E-state index contributed by atoms with van der Waals surface area (Å²) < 4.78 is 32.5. The van der Waals surface area contributed by atoms with Crippen LogP contribution in [-0.2, 0) is 14.8 Å². The van der Waals surface area contributed by atoms with E-state index in [2.05, 4.69) is 5.32 Å². The van der Waals surface area contributed by atoms with Crippen molar-refractivity contribution in [1.29, 1.82) is 0 Å². The number of sulfonamides is 1. The number of rotatable bonds is 6. The Bertz CT molecular complexity index is 1150. The Morgan fingerprint density at radius 2 is 1.63 bits per heavy atom. The lowest BCUT2D eigenvalue weighted by atomic mass is 10.1. The van der Waals surface area contributed by atoms with Crippen molar-refractivity contribution >= 4 is 32.4 Å². The molecule has 3 aromatic rings. The van der Waals surface area contributed by atoms with Gasteiger partial charge in [0, 0.05) is 18.8 Å². The van der Waals surface area contributed by atoms with Crippen LogP contribution in [0.3, 0.4) is 0 Å². The van der Waals surface area contributed by atoms with Gasteiger partial charge in [-0.3, -0.25) is 4.79 Å². The minimum atomic E-state index is -3.46. The summed E-state index contributed by atoms with van der Waals surface area (Å²) >= 11 is 0. The number of nitrogens with zero attached hydrogens (tertiary/aromatic N) is 1. The van der Waals surface area contributed by atoms with Gasteiger partial charge in [0.15, 0.2) is 6.10 Å². The number of hydrogen-bond donors (Lipinski definition) is 1. The molecule has 1 N–H and O–H groups in total. The Kier molecular flexibility index (Phi) is 5.74. The lowest BCUT2D eigenvalue weighted by molar-refractivity contribution is -0.122. The van der Waals surface area contributed by atoms with Crippen LogP contribution in [0.4, 0.5) is 5.69 Å². The van der Waals surface area contributed by atoms with Gasteiger partial charge < -0.3 is 10.1 Å². The minimum Gasteiger partial charge on any atom is -0.481 e. The molecule has 1 fully saturated rings. The maximum absolute atomic E-state index is 12.6. The number of anilines is 1. The van der Waals surface area contributed by atoms with Crippen molar-refractivity contribution in [3.8, 4) is 5.75 Å². The number of benzene rings is 3. The van der Waals surface area contributed by atoms with E-state index in [0.29, 0.717) is 24.5 Å². The van der Waals surface area contributed by atoms with Crippen LogP contribution in [0.1, 0.15) is 19.8 Å². The highest BCUT2D eigenvalue weighted by molar-refractivity contribution is 7.89. The number of nitrogens with one attached hydrogen (secondary N) is 1. The molecule has 0 radical (unpaired) electrons. The van der Waals surface area contributed by atoms with Crippen molar-refractivity contribution in [1.82, 2.24) is 4.31 Å². The van der Waals surface area contributed by atoms with E-state index < -0.39 is 16.1 Å². The zero-order chi connectivity index (χ0) is 21.1. The molecule has 1 saturated heterocycles. The first-order chi connectivity index (χ1) is 14.4. The molecule has 156 valence electrons. The fourth-order valence-electron chi connectivity index (χ4n) is 3.53. The Labute approximate surface area is 176 Å². The third kappa shape index (κ3) is 4.32. The molecule has 1 heterocycles. The molecule has 0 aromatic heterocycles. The van der Waals surface area contributed by atoms with Crippen LogP contribution in [0.25, 0.3) is 10.8 Å². The van der Waals surface area contributed by atoms with Crippen molar-refractivity contribution in [3.63, 3.8) is 0 Å². The molecule has 1 aliphatic heterocycles. The molecule has 0 spiro atoms. The molecule has 7 heteroatoms. The summed E-state index contributed by atoms with van der Waals surface area (Å²) in [6.45, 7) is 2.80. The van der Waals surface area contributed by atoms with Crippen molar-refractivity contribution in [2.45, 2.75) is 30.8 Å². The van der Waals surface area contributed by atoms with E-state index in [-0.39, 0.29) is 10.8 Å². The predicted molar refractivity (Wildman–Crippen MR) is 117 cm³/mol. The Morgan fingerprint density at radius 3 is 2.33 bits per heavy atom. The highest BCUT2D eigenvalue weighted by atomic mass is 32.2. The van der Waals surface area contributed by atoms with Gasteiger partial charge >= 0.3 is 0 Å². The number of carbonyl (C=O) groups excluding carboxylic acids is 1. The molecule has 4 rings (SSSR count). The molecule has 0 bridgehead atoms. The van der Waals surface area contributed by atoms with Crippen LogP contribution < -0.4 is 10.1 Å². The van der Waals surface area contributed by atoms with Gasteiger partial charge in [-0.25, -0.2) is 8.42 Å². The summed E-state index contributed by atoms with van der Waals surface area (Å²) in [5.41, 5.74) is 0.523. The minimum absolute atomic E-state index is 0.239. The second-order valence-electron chi connectivity index (χ2n) is 7.39. The predicted octanol–water partition coefficient (Wildman–Crippen LogP) is 4.03. The standard InChI is InChI=1S/C23H24N2O4S/c1-17(29-21-11-8-18-6-2-3-7-19(18)16-21)23(26)24-20-9-12-22(13-10-20)30(27,28)25-14-4-5-15-25/h2-3,6-13,16-17H,4-5,14-15H2,1H3,(H,24,26). The smallest absolute Gasteiger partial charge is 0.265 e. The van der Waals surface area contributed by atoms with Crippen LogP contribution in [0.15, 0.2) is 71.6 Å². The van der Waals surface area contributed by atoms with E-state index in [1.165, 1.54) is 16.4 Å². The monoisotopic (exact) mass is 424 g/mol. The molecule has 1 amide bonds. The van der Waals surface area contributed by atoms with Crippen LogP contribution in [0.5, 0.6) is 5.75 Å². The molecular formula is C23H24N2O4S. The van der Waals surface area contributed by atoms with Crippen LogP contribution in [0, 0.1) is 0 Å². The maximum atomic E-state index is 12.6. The fourth-order valence-corrected chi connectivity index (χ4v) is 5.05. The van der Waals surface area contributed by atoms with Crippen LogP contribution in [0.2, 0.25) is 0 Å². The van der Waals surface area contributed by atoms with Gasteiger partial charge in [0.1, 0.15) is 5.75 Å². The second kappa shape index (κ2) is 8.45. The number of amides is 1. The molecule has 6 nitrogen and oxygen atoms in total. The lowest BCUT2D eigenvalue weighted by Crippen LogP contribution is -2.30. The van der Waals surface area contributed by atoms with Crippen molar-refractivity contribution in [2.75, 3.05) is 18.4 Å². The van der Waals surface area contributed by atoms with Gasteiger partial charge in [-0.1, -0.05) is 30.3 Å². The van der Waals surface area contributed by atoms with Gasteiger partial charge in [0.25, 0.3) is 5.91 Å². The summed E-state index contributed by atoms with van der Waals surface area (Å²) in [5, 5.41) is 4.92. The number of fused-ring (bicyclic) bond motifs is 1. The highest BCUT2D eigenvalue weighted by Crippen LogP contribution is 2.23. The number of carbonyl (C=O) groups is 1. The molecular weight excluding hydrogens is 400 g/mol. The van der Waals surface area contributed by atoms with Gasteiger partial charge in [0.05, 0.1) is 4.90 Å². The topological polar surface area (TPSA) is 75.7 Å². The average molecular weight is 425 g/mol. The Balaban J connectivity index is 1.40. The second-order valence-corrected chi connectivity index (χ2v) is 9.33. The zero-order valence-electron chi connectivity index (χ0n) is 16.7. The first kappa shape index (κ1) is 20.4. The third-order valence-corrected chi connectivity index (χ3v) is 7.14. The quantitative estimate of drug-likeness (QED) is 0.648. The average Bonchev–Trinajstić information content (AvgIpc) is 3.30. The molecule has 1 aliphatic rings. The van der Waals surface area contributed by atoms with E-state index in [4.69, 9.17) is 4.74 Å². The van der Waals surface area contributed by atoms with Crippen molar-refractivity contribution < 1.29 is 17.9 Å².